The first-order chi connectivity index (χ1) is 9.06. The average molecular weight is 286 g/mol. The van der Waals surface area contributed by atoms with Gasteiger partial charge in [-0.15, -0.1) is 0 Å². The van der Waals surface area contributed by atoms with Gasteiger partial charge in [0.2, 0.25) is 0 Å². The van der Waals surface area contributed by atoms with E-state index in [1.807, 2.05) is 11.8 Å². The number of nitro groups is 1. The van der Waals surface area contributed by atoms with Gasteiger partial charge in [-0.2, -0.15) is 11.8 Å². The maximum Gasteiger partial charge on any atom is 0.295 e. The third-order valence-electron chi connectivity index (χ3n) is 2.81. The van der Waals surface area contributed by atoms with E-state index >= 15 is 0 Å². The van der Waals surface area contributed by atoms with Crippen LogP contribution in [0.5, 0.6) is 0 Å². The molecule has 0 aliphatic carbocycles. The van der Waals surface area contributed by atoms with Gasteiger partial charge in [-0.05, 0) is 43.4 Å². The lowest BCUT2D eigenvalue weighted by molar-refractivity contribution is -0.384. The molecule has 0 fully saturated rings. The van der Waals surface area contributed by atoms with E-state index in [0.717, 1.165) is 31.1 Å². The van der Waals surface area contributed by atoms with Crippen LogP contribution in [0, 0.1) is 22.9 Å². The molecule has 6 heteroatoms. The first-order valence-electron chi connectivity index (χ1n) is 6.23. The molecular weight excluding hydrogens is 267 g/mol. The van der Waals surface area contributed by atoms with Gasteiger partial charge in [-0.1, -0.05) is 6.42 Å². The van der Waals surface area contributed by atoms with Crippen LogP contribution in [0.2, 0.25) is 0 Å². The normalized spacial score (nSPS) is 10.5. The smallest absolute Gasteiger partial charge is 0.295 e. The second-order valence-corrected chi connectivity index (χ2v) is 5.34. The Morgan fingerprint density at radius 3 is 2.74 bits per heavy atom. The van der Waals surface area contributed by atoms with Crippen LogP contribution >= 0.6 is 11.8 Å². The van der Waals surface area contributed by atoms with Crippen molar-refractivity contribution >= 4 is 23.1 Å². The van der Waals surface area contributed by atoms with E-state index in [9.17, 15) is 14.5 Å². The molecule has 0 atom stereocenters. The third kappa shape index (κ3) is 5.06. The quantitative estimate of drug-likeness (QED) is 0.446. The second kappa shape index (κ2) is 7.99. The Morgan fingerprint density at radius 1 is 1.37 bits per heavy atom. The summed E-state index contributed by atoms with van der Waals surface area (Å²) in [5, 5.41) is 13.9. The molecule has 0 amide bonds. The van der Waals surface area contributed by atoms with Gasteiger partial charge in [0.1, 0.15) is 11.5 Å². The molecule has 1 aromatic carbocycles. The highest BCUT2D eigenvalue weighted by Gasteiger charge is 2.16. The summed E-state index contributed by atoms with van der Waals surface area (Å²) in [5.41, 5.74) is 0.608. The van der Waals surface area contributed by atoms with E-state index in [4.69, 9.17) is 0 Å². The Balaban J connectivity index is 2.57. The number of nitrogens with one attached hydrogen (secondary N) is 1. The summed E-state index contributed by atoms with van der Waals surface area (Å²) in [6.45, 7) is 2.27. The molecule has 106 valence electrons. The van der Waals surface area contributed by atoms with Gasteiger partial charge in [0.05, 0.1) is 11.0 Å². The minimum atomic E-state index is -0.557. The molecule has 0 saturated heterocycles. The average Bonchev–Trinajstić information content (AvgIpc) is 2.37. The van der Waals surface area contributed by atoms with Gasteiger partial charge >= 0.3 is 0 Å². The third-order valence-corrected chi connectivity index (χ3v) is 3.51. The first kappa shape index (κ1) is 15.8. The molecule has 1 N–H and O–H groups in total. The number of nitro benzene ring substituents is 1. The van der Waals surface area contributed by atoms with E-state index < -0.39 is 10.7 Å². The molecule has 0 spiro atoms. The van der Waals surface area contributed by atoms with Gasteiger partial charge in [0.15, 0.2) is 0 Å². The molecule has 0 saturated carbocycles. The minimum Gasteiger partial charge on any atom is -0.379 e. The topological polar surface area (TPSA) is 55.2 Å². The summed E-state index contributed by atoms with van der Waals surface area (Å²) >= 11 is 1.81. The fourth-order valence-electron chi connectivity index (χ4n) is 1.73. The summed E-state index contributed by atoms with van der Waals surface area (Å²) in [5.74, 6) is 0.590. The Bertz CT molecular complexity index is 441. The number of hydrogen-bond acceptors (Lipinski definition) is 4. The minimum absolute atomic E-state index is 0.202. The molecule has 0 aromatic heterocycles. The zero-order chi connectivity index (χ0) is 14.3. The Labute approximate surface area is 116 Å². The fourth-order valence-corrected chi connectivity index (χ4v) is 2.23. The van der Waals surface area contributed by atoms with Crippen LogP contribution in [0.1, 0.15) is 24.8 Å². The monoisotopic (exact) mass is 286 g/mol. The molecule has 0 bridgehead atoms. The van der Waals surface area contributed by atoms with Crippen LogP contribution in [-0.2, 0) is 0 Å². The van der Waals surface area contributed by atoms with Crippen molar-refractivity contribution < 1.29 is 9.31 Å². The van der Waals surface area contributed by atoms with Crippen LogP contribution < -0.4 is 5.32 Å². The number of halogens is 1. The second-order valence-electron chi connectivity index (χ2n) is 4.36. The van der Waals surface area contributed by atoms with Gasteiger partial charge in [0, 0.05) is 6.54 Å². The van der Waals surface area contributed by atoms with Crippen molar-refractivity contribution in [2.75, 3.05) is 23.9 Å². The number of rotatable bonds is 8. The number of anilines is 1. The van der Waals surface area contributed by atoms with Gasteiger partial charge < -0.3 is 5.32 Å². The highest BCUT2D eigenvalue weighted by molar-refractivity contribution is 7.98. The highest BCUT2D eigenvalue weighted by atomic mass is 32.2. The van der Waals surface area contributed by atoms with Crippen molar-refractivity contribution in [1.29, 1.82) is 0 Å². The molecule has 0 unspecified atom stereocenters. The van der Waals surface area contributed by atoms with Crippen molar-refractivity contribution in [3.63, 3.8) is 0 Å². The predicted octanol–water partition coefficient (Wildman–Crippen LogP) is 3.99. The van der Waals surface area contributed by atoms with Gasteiger partial charge in [-0.3, -0.25) is 10.1 Å². The lowest BCUT2D eigenvalue weighted by atomic mass is 10.1. The maximum atomic E-state index is 13.3. The summed E-state index contributed by atoms with van der Waals surface area (Å²) in [4.78, 5) is 10.3. The molecule has 0 aliphatic heterocycles. The van der Waals surface area contributed by atoms with Crippen molar-refractivity contribution in [2.24, 2.45) is 0 Å². The lowest BCUT2D eigenvalue weighted by Gasteiger charge is -2.08. The zero-order valence-electron chi connectivity index (χ0n) is 11.2. The lowest BCUT2D eigenvalue weighted by Crippen LogP contribution is -2.05. The number of nitrogens with zero attached hydrogens (tertiary/aromatic N) is 1. The Morgan fingerprint density at radius 2 is 2.11 bits per heavy atom. The van der Waals surface area contributed by atoms with Crippen molar-refractivity contribution in [3.8, 4) is 0 Å². The molecule has 0 heterocycles. The number of hydrogen-bond donors (Lipinski definition) is 1. The predicted molar refractivity (Wildman–Crippen MR) is 78.5 cm³/mol. The van der Waals surface area contributed by atoms with Crippen LogP contribution in [0.25, 0.3) is 0 Å². The number of unbranched alkanes of at least 4 members (excludes halogenated alkanes) is 2. The molecule has 1 aromatic rings. The SMILES string of the molecule is CSCCCCCNc1cc(C)c(F)cc1[N+](=O)[O-]. The van der Waals surface area contributed by atoms with Crippen molar-refractivity contribution in [1.82, 2.24) is 0 Å². The Kier molecular flexibility index (Phi) is 6.62. The summed E-state index contributed by atoms with van der Waals surface area (Å²) < 4.78 is 13.3. The largest absolute Gasteiger partial charge is 0.379 e. The summed E-state index contributed by atoms with van der Waals surface area (Å²) in [7, 11) is 0. The summed E-state index contributed by atoms with van der Waals surface area (Å²) in [6.07, 6.45) is 5.26. The van der Waals surface area contributed by atoms with Crippen LogP contribution in [0.3, 0.4) is 0 Å². The van der Waals surface area contributed by atoms with E-state index in [1.165, 1.54) is 6.07 Å². The van der Waals surface area contributed by atoms with Crippen LogP contribution in [0.15, 0.2) is 12.1 Å². The molecule has 4 nitrogen and oxygen atoms in total. The zero-order valence-corrected chi connectivity index (χ0v) is 12.1. The number of benzene rings is 1. The Hall–Kier alpha value is -1.30. The van der Waals surface area contributed by atoms with E-state index in [0.29, 0.717) is 17.8 Å². The number of thioether (sulfide) groups is 1. The van der Waals surface area contributed by atoms with Crippen LogP contribution in [0.4, 0.5) is 15.8 Å². The number of aryl methyl sites for hydroxylation is 1. The highest BCUT2D eigenvalue weighted by Crippen LogP contribution is 2.27. The van der Waals surface area contributed by atoms with E-state index in [1.54, 1.807) is 6.92 Å². The van der Waals surface area contributed by atoms with Gasteiger partial charge in [-0.25, -0.2) is 4.39 Å². The fraction of sp³-hybridized carbons (Fsp3) is 0.538. The van der Waals surface area contributed by atoms with Gasteiger partial charge in [0.25, 0.3) is 5.69 Å². The van der Waals surface area contributed by atoms with E-state index in [-0.39, 0.29) is 5.69 Å². The van der Waals surface area contributed by atoms with E-state index in [2.05, 4.69) is 11.6 Å². The standard InChI is InChI=1S/C13H19FN2O2S/c1-10-8-12(13(16(17)18)9-11(10)14)15-6-4-3-5-7-19-2/h8-9,15H,3-7H2,1-2H3. The molecule has 1 rings (SSSR count). The first-order valence-corrected chi connectivity index (χ1v) is 7.63. The molecular formula is C13H19FN2O2S. The van der Waals surface area contributed by atoms with Crippen molar-refractivity contribution in [3.05, 3.63) is 33.6 Å². The van der Waals surface area contributed by atoms with Crippen molar-refractivity contribution in [2.45, 2.75) is 26.2 Å². The molecule has 0 aliphatic rings. The molecule has 0 radical (unpaired) electrons. The summed E-state index contributed by atoms with van der Waals surface area (Å²) in [6, 6.07) is 2.47. The maximum absolute atomic E-state index is 13.3. The van der Waals surface area contributed by atoms with Crippen LogP contribution in [-0.4, -0.2) is 23.5 Å². The molecule has 19 heavy (non-hydrogen) atoms.